The monoisotopic (exact) mass is 408 g/mol. The fourth-order valence-corrected chi connectivity index (χ4v) is 8.33. The summed E-state index contributed by atoms with van der Waals surface area (Å²) in [6.45, 7) is 7.74. The van der Waals surface area contributed by atoms with Crippen molar-refractivity contribution < 1.29 is 9.84 Å². The van der Waals surface area contributed by atoms with Crippen molar-refractivity contribution in [1.29, 1.82) is 0 Å². The van der Waals surface area contributed by atoms with Gasteiger partial charge in [0, 0.05) is 5.41 Å². The highest BCUT2D eigenvalue weighted by Crippen LogP contribution is 2.67. The molecule has 4 fully saturated rings. The molecular weight excluding hydrogens is 368 g/mol. The second-order valence-corrected chi connectivity index (χ2v) is 11.3. The molecule has 1 N–H and O–H groups in total. The molecule has 4 saturated carbocycles. The number of rotatable bonds is 3. The van der Waals surface area contributed by atoms with Crippen molar-refractivity contribution in [2.45, 2.75) is 84.7 Å². The molecule has 1 aromatic rings. The SMILES string of the molecule is CCOc1ccc(/C=C2\C[C@@H]3[C@@H]4CC[C@@H]5CCCC[C@]5(C)[C@@H]4CC[C@]3(C)[C@@H]2O)cc1. The molecular formula is C28H40O2. The smallest absolute Gasteiger partial charge is 0.119 e. The van der Waals surface area contributed by atoms with E-state index in [9.17, 15) is 5.11 Å². The Balaban J connectivity index is 1.40. The highest BCUT2D eigenvalue weighted by molar-refractivity contribution is 5.56. The van der Waals surface area contributed by atoms with E-state index < -0.39 is 0 Å². The lowest BCUT2D eigenvalue weighted by Gasteiger charge is -2.60. The Kier molecular flexibility index (Phi) is 5.29. The van der Waals surface area contributed by atoms with Gasteiger partial charge in [0.25, 0.3) is 0 Å². The summed E-state index contributed by atoms with van der Waals surface area (Å²) in [4.78, 5) is 0. The van der Waals surface area contributed by atoms with Crippen LogP contribution in [0, 0.1) is 34.5 Å². The third-order valence-electron chi connectivity index (χ3n) is 10.00. The summed E-state index contributed by atoms with van der Waals surface area (Å²) in [5.74, 6) is 4.23. The van der Waals surface area contributed by atoms with Gasteiger partial charge in [-0.15, -0.1) is 0 Å². The molecule has 7 atom stereocenters. The fraction of sp³-hybridized carbons (Fsp3) is 0.714. The normalized spacial score (nSPS) is 44.3. The number of fused-ring (bicyclic) bond motifs is 5. The highest BCUT2D eigenvalue weighted by Gasteiger charge is 2.60. The van der Waals surface area contributed by atoms with Gasteiger partial charge in [0.2, 0.25) is 0 Å². The van der Waals surface area contributed by atoms with Gasteiger partial charge in [-0.2, -0.15) is 0 Å². The molecule has 0 heterocycles. The maximum Gasteiger partial charge on any atom is 0.119 e. The summed E-state index contributed by atoms with van der Waals surface area (Å²) in [6.07, 6.45) is 14.2. The largest absolute Gasteiger partial charge is 0.494 e. The van der Waals surface area contributed by atoms with E-state index in [0.717, 1.165) is 29.9 Å². The van der Waals surface area contributed by atoms with Crippen molar-refractivity contribution in [3.05, 3.63) is 35.4 Å². The molecule has 0 unspecified atom stereocenters. The van der Waals surface area contributed by atoms with Gasteiger partial charge in [-0.05, 0) is 104 Å². The Morgan fingerprint density at radius 2 is 1.77 bits per heavy atom. The van der Waals surface area contributed by atoms with Crippen molar-refractivity contribution >= 4 is 6.08 Å². The van der Waals surface area contributed by atoms with E-state index in [-0.39, 0.29) is 11.5 Å². The van der Waals surface area contributed by atoms with Crippen molar-refractivity contribution in [2.24, 2.45) is 34.5 Å². The van der Waals surface area contributed by atoms with Gasteiger partial charge in [-0.25, -0.2) is 0 Å². The first-order valence-corrected chi connectivity index (χ1v) is 12.6. The number of ether oxygens (including phenoxy) is 1. The molecule has 0 amide bonds. The highest BCUT2D eigenvalue weighted by atomic mass is 16.5. The van der Waals surface area contributed by atoms with Crippen LogP contribution in [0.4, 0.5) is 0 Å². The Morgan fingerprint density at radius 3 is 2.53 bits per heavy atom. The summed E-state index contributed by atoms with van der Waals surface area (Å²) in [6, 6.07) is 8.36. The van der Waals surface area contributed by atoms with E-state index in [4.69, 9.17) is 4.74 Å². The Labute approximate surface area is 183 Å². The topological polar surface area (TPSA) is 29.5 Å². The minimum Gasteiger partial charge on any atom is -0.494 e. The van der Waals surface area contributed by atoms with Crippen LogP contribution in [0.25, 0.3) is 6.08 Å². The number of hydrogen-bond acceptors (Lipinski definition) is 2. The van der Waals surface area contributed by atoms with Crippen LogP contribution in [-0.2, 0) is 0 Å². The van der Waals surface area contributed by atoms with Gasteiger partial charge in [0.05, 0.1) is 12.7 Å². The zero-order valence-corrected chi connectivity index (χ0v) is 19.2. The molecule has 2 nitrogen and oxygen atoms in total. The number of aliphatic hydroxyl groups is 1. The van der Waals surface area contributed by atoms with Crippen LogP contribution in [-0.4, -0.2) is 17.8 Å². The molecule has 1 aromatic carbocycles. The predicted octanol–water partition coefficient (Wildman–Crippen LogP) is 6.87. The molecule has 4 aliphatic carbocycles. The summed E-state index contributed by atoms with van der Waals surface area (Å²) in [5, 5.41) is 11.4. The molecule has 4 aliphatic rings. The van der Waals surface area contributed by atoms with Gasteiger partial charge < -0.3 is 9.84 Å². The second-order valence-electron chi connectivity index (χ2n) is 11.3. The van der Waals surface area contributed by atoms with Crippen LogP contribution >= 0.6 is 0 Å². The van der Waals surface area contributed by atoms with Crippen LogP contribution in [0.15, 0.2) is 29.8 Å². The lowest BCUT2D eigenvalue weighted by atomic mass is 9.45. The maximum atomic E-state index is 11.4. The van der Waals surface area contributed by atoms with E-state index in [1.54, 1.807) is 0 Å². The molecule has 0 saturated heterocycles. The number of benzene rings is 1. The summed E-state index contributed by atoms with van der Waals surface area (Å²) in [5.41, 5.74) is 3.09. The minimum absolute atomic E-state index is 0.0656. The van der Waals surface area contributed by atoms with Gasteiger partial charge in [0.1, 0.15) is 5.75 Å². The minimum atomic E-state index is -0.285. The van der Waals surface area contributed by atoms with E-state index in [0.29, 0.717) is 17.9 Å². The standard InChI is InChI=1S/C28H40O2/c1-4-30-22-11-8-19(9-12-22)17-20-18-25-23-13-10-21-7-5-6-15-27(21,2)24(23)14-16-28(25,3)26(20)29/h8-9,11-12,17,21,23-26,29H,4-7,10,13-16,18H2,1-3H3/b20-17+/t21-,23+,24+,25+,26+,27-,28-/m0/s1. The third-order valence-corrected chi connectivity index (χ3v) is 10.00. The Bertz CT molecular complexity index is 795. The lowest BCUT2D eigenvalue weighted by Crippen LogP contribution is -2.53. The average molecular weight is 409 g/mol. The van der Waals surface area contributed by atoms with Crippen LogP contribution in [0.3, 0.4) is 0 Å². The third kappa shape index (κ3) is 3.17. The number of aliphatic hydroxyl groups excluding tert-OH is 1. The lowest BCUT2D eigenvalue weighted by molar-refractivity contribution is -0.119. The van der Waals surface area contributed by atoms with E-state index >= 15 is 0 Å². The van der Waals surface area contributed by atoms with Crippen molar-refractivity contribution in [3.63, 3.8) is 0 Å². The zero-order chi connectivity index (χ0) is 20.9. The molecule has 0 aliphatic heterocycles. The van der Waals surface area contributed by atoms with Crippen molar-refractivity contribution in [3.8, 4) is 5.75 Å². The second kappa shape index (κ2) is 7.69. The quantitative estimate of drug-likeness (QED) is 0.591. The first-order chi connectivity index (χ1) is 14.5. The van der Waals surface area contributed by atoms with Crippen LogP contribution in [0.5, 0.6) is 5.75 Å². The molecule has 0 bridgehead atoms. The molecule has 0 aromatic heterocycles. The predicted molar refractivity (Wildman–Crippen MR) is 123 cm³/mol. The molecule has 164 valence electrons. The van der Waals surface area contributed by atoms with Gasteiger partial charge in [0.15, 0.2) is 0 Å². The fourth-order valence-electron chi connectivity index (χ4n) is 8.33. The van der Waals surface area contributed by atoms with E-state index in [1.807, 2.05) is 19.1 Å². The maximum absolute atomic E-state index is 11.4. The van der Waals surface area contributed by atoms with E-state index in [1.165, 1.54) is 62.5 Å². The van der Waals surface area contributed by atoms with Crippen molar-refractivity contribution in [2.75, 3.05) is 6.61 Å². The van der Waals surface area contributed by atoms with Crippen LogP contribution in [0.1, 0.15) is 84.1 Å². The van der Waals surface area contributed by atoms with Gasteiger partial charge in [-0.1, -0.05) is 44.9 Å². The van der Waals surface area contributed by atoms with Crippen molar-refractivity contribution in [1.82, 2.24) is 0 Å². The summed E-state index contributed by atoms with van der Waals surface area (Å²) in [7, 11) is 0. The molecule has 0 spiro atoms. The molecule has 5 rings (SSSR count). The Morgan fingerprint density at radius 1 is 0.967 bits per heavy atom. The van der Waals surface area contributed by atoms with Gasteiger partial charge >= 0.3 is 0 Å². The van der Waals surface area contributed by atoms with Crippen LogP contribution in [0.2, 0.25) is 0 Å². The average Bonchev–Trinajstić information content (AvgIpc) is 3.00. The zero-order valence-electron chi connectivity index (χ0n) is 19.2. The van der Waals surface area contributed by atoms with E-state index in [2.05, 4.69) is 32.1 Å². The first-order valence-electron chi connectivity index (χ1n) is 12.6. The molecule has 2 heteroatoms. The summed E-state index contributed by atoms with van der Waals surface area (Å²) < 4.78 is 5.59. The first kappa shape index (κ1) is 20.6. The summed E-state index contributed by atoms with van der Waals surface area (Å²) >= 11 is 0. The van der Waals surface area contributed by atoms with Gasteiger partial charge in [-0.3, -0.25) is 0 Å². The number of hydrogen-bond donors (Lipinski definition) is 1. The molecule has 0 radical (unpaired) electrons. The Hall–Kier alpha value is -1.28. The molecule has 30 heavy (non-hydrogen) atoms. The van der Waals surface area contributed by atoms with Crippen LogP contribution < -0.4 is 4.74 Å².